The highest BCUT2D eigenvalue weighted by atomic mass is 19.1. The van der Waals surface area contributed by atoms with Gasteiger partial charge in [-0.05, 0) is 24.3 Å². The first kappa shape index (κ1) is 17.1. The lowest BCUT2D eigenvalue weighted by atomic mass is 10.1. The van der Waals surface area contributed by atoms with Crippen molar-refractivity contribution in [3.8, 4) is 23.8 Å². The third-order valence-electron chi connectivity index (χ3n) is 3.41. The number of benzene rings is 2. The molecule has 6 heteroatoms. The molecular weight excluding hydrogens is 338 g/mol. The van der Waals surface area contributed by atoms with E-state index in [0.29, 0.717) is 11.4 Å². The Morgan fingerprint density at radius 3 is 2.65 bits per heavy atom. The molecule has 1 N–H and O–H groups in total. The number of hydrogen-bond donors (Lipinski definition) is 1. The summed E-state index contributed by atoms with van der Waals surface area (Å²) in [6.45, 7) is 0. The highest BCUT2D eigenvalue weighted by molar-refractivity contribution is 6.04. The van der Waals surface area contributed by atoms with Gasteiger partial charge in [0.2, 0.25) is 0 Å². The number of carbonyl (C=O) groups is 1. The van der Waals surface area contributed by atoms with Crippen molar-refractivity contribution in [3.05, 3.63) is 83.7 Å². The lowest BCUT2D eigenvalue weighted by molar-refractivity contribution is 0.102. The number of nitrogens with zero attached hydrogens (tertiary/aromatic N) is 1. The van der Waals surface area contributed by atoms with Crippen molar-refractivity contribution < 1.29 is 18.3 Å². The van der Waals surface area contributed by atoms with Crippen molar-refractivity contribution in [1.82, 2.24) is 4.98 Å². The van der Waals surface area contributed by atoms with Crippen LogP contribution in [0.4, 0.5) is 14.5 Å². The number of halogens is 2. The van der Waals surface area contributed by atoms with Gasteiger partial charge >= 0.3 is 0 Å². The minimum Gasteiger partial charge on any atom is -0.456 e. The van der Waals surface area contributed by atoms with E-state index in [0.717, 1.165) is 6.20 Å². The second-order valence-electron chi connectivity index (χ2n) is 5.23. The molecule has 0 fully saturated rings. The standard InChI is InChI=1S/C20H12F2N2O2/c1-2-13-5-3-8-18(19(13)22)20(25)24-15-6-4-7-16(10-15)26-17-9-14(21)11-23-12-17/h1,3-12H,(H,24,25). The second-order valence-corrected chi connectivity index (χ2v) is 5.23. The molecule has 0 unspecified atom stereocenters. The summed E-state index contributed by atoms with van der Waals surface area (Å²) >= 11 is 0. The smallest absolute Gasteiger partial charge is 0.258 e. The number of ether oxygens (including phenoxy) is 1. The maximum absolute atomic E-state index is 14.2. The van der Waals surface area contributed by atoms with E-state index < -0.39 is 17.5 Å². The summed E-state index contributed by atoms with van der Waals surface area (Å²) in [5.41, 5.74) is 0.219. The highest BCUT2D eigenvalue weighted by Crippen LogP contribution is 2.24. The maximum atomic E-state index is 14.2. The first-order valence-electron chi connectivity index (χ1n) is 7.52. The summed E-state index contributed by atoms with van der Waals surface area (Å²) in [6, 6.07) is 11.8. The molecule has 128 valence electrons. The fraction of sp³-hybridized carbons (Fsp3) is 0. The van der Waals surface area contributed by atoms with Crippen LogP contribution in [0.15, 0.2) is 60.9 Å². The lowest BCUT2D eigenvalue weighted by Crippen LogP contribution is -2.14. The van der Waals surface area contributed by atoms with Gasteiger partial charge < -0.3 is 10.1 Å². The van der Waals surface area contributed by atoms with Gasteiger partial charge in [-0.2, -0.15) is 0 Å². The SMILES string of the molecule is C#Cc1cccc(C(=O)Nc2cccc(Oc3cncc(F)c3)c2)c1F. The van der Waals surface area contributed by atoms with Crippen LogP contribution in [0.25, 0.3) is 0 Å². The summed E-state index contributed by atoms with van der Waals surface area (Å²) in [5.74, 6) is 0.809. The molecule has 26 heavy (non-hydrogen) atoms. The van der Waals surface area contributed by atoms with E-state index in [1.807, 2.05) is 0 Å². The molecule has 1 amide bonds. The normalized spacial score (nSPS) is 10.0. The van der Waals surface area contributed by atoms with E-state index in [2.05, 4.69) is 16.2 Å². The van der Waals surface area contributed by atoms with E-state index in [-0.39, 0.29) is 16.9 Å². The van der Waals surface area contributed by atoms with Crippen LogP contribution in [0.2, 0.25) is 0 Å². The number of amides is 1. The highest BCUT2D eigenvalue weighted by Gasteiger charge is 2.14. The molecule has 0 atom stereocenters. The zero-order valence-corrected chi connectivity index (χ0v) is 13.4. The maximum Gasteiger partial charge on any atom is 0.258 e. The van der Waals surface area contributed by atoms with Gasteiger partial charge in [-0.15, -0.1) is 6.42 Å². The van der Waals surface area contributed by atoms with Crippen LogP contribution in [0.5, 0.6) is 11.5 Å². The Bertz CT molecular complexity index is 1010. The van der Waals surface area contributed by atoms with Gasteiger partial charge in [0.15, 0.2) is 5.82 Å². The fourth-order valence-corrected chi connectivity index (χ4v) is 2.24. The first-order chi connectivity index (χ1) is 12.6. The Balaban J connectivity index is 1.79. The molecule has 0 saturated carbocycles. The third kappa shape index (κ3) is 3.84. The van der Waals surface area contributed by atoms with Gasteiger partial charge in [0.1, 0.15) is 17.3 Å². The topological polar surface area (TPSA) is 51.2 Å². The van der Waals surface area contributed by atoms with Gasteiger partial charge in [0.25, 0.3) is 5.91 Å². The molecule has 3 aromatic rings. The van der Waals surface area contributed by atoms with Crippen molar-refractivity contribution in [2.75, 3.05) is 5.32 Å². The zero-order chi connectivity index (χ0) is 18.5. The number of pyridine rings is 1. The molecule has 3 rings (SSSR count). The van der Waals surface area contributed by atoms with Crippen LogP contribution >= 0.6 is 0 Å². The number of nitrogens with one attached hydrogen (secondary N) is 1. The summed E-state index contributed by atoms with van der Waals surface area (Å²) in [6.07, 6.45) is 7.62. The van der Waals surface area contributed by atoms with Crippen molar-refractivity contribution in [2.24, 2.45) is 0 Å². The number of carbonyl (C=O) groups excluding carboxylic acids is 1. The number of anilines is 1. The van der Waals surface area contributed by atoms with Gasteiger partial charge in [-0.25, -0.2) is 8.78 Å². The zero-order valence-electron chi connectivity index (χ0n) is 13.4. The minimum atomic E-state index is -0.759. The molecule has 0 spiro atoms. The van der Waals surface area contributed by atoms with Crippen molar-refractivity contribution >= 4 is 11.6 Å². The van der Waals surface area contributed by atoms with Crippen LogP contribution in [0.1, 0.15) is 15.9 Å². The van der Waals surface area contributed by atoms with Crippen LogP contribution in [0.3, 0.4) is 0 Å². The average Bonchev–Trinajstić information content (AvgIpc) is 2.62. The Labute approximate surface area is 148 Å². The molecule has 1 heterocycles. The van der Waals surface area contributed by atoms with Gasteiger partial charge in [-0.1, -0.05) is 18.1 Å². The number of aromatic nitrogens is 1. The predicted octanol–water partition coefficient (Wildman–Crippen LogP) is 4.39. The van der Waals surface area contributed by atoms with Crippen LogP contribution < -0.4 is 10.1 Å². The Hall–Kier alpha value is -3.72. The van der Waals surface area contributed by atoms with E-state index in [1.165, 1.54) is 36.5 Å². The predicted molar refractivity (Wildman–Crippen MR) is 93.0 cm³/mol. The Kier molecular flexibility index (Phi) is 4.90. The largest absolute Gasteiger partial charge is 0.456 e. The van der Waals surface area contributed by atoms with Crippen LogP contribution in [0, 0.1) is 24.0 Å². The Morgan fingerprint density at radius 1 is 1.08 bits per heavy atom. The molecule has 0 saturated heterocycles. The summed E-state index contributed by atoms with van der Waals surface area (Å²) < 4.78 is 32.8. The van der Waals surface area contributed by atoms with E-state index in [9.17, 15) is 13.6 Å². The molecule has 1 aromatic heterocycles. The number of hydrogen-bond acceptors (Lipinski definition) is 3. The first-order valence-corrected chi connectivity index (χ1v) is 7.52. The molecule has 0 aliphatic rings. The van der Waals surface area contributed by atoms with Crippen molar-refractivity contribution in [1.29, 1.82) is 0 Å². The molecular formula is C20H12F2N2O2. The Morgan fingerprint density at radius 2 is 1.88 bits per heavy atom. The molecule has 0 bridgehead atoms. The van der Waals surface area contributed by atoms with E-state index in [1.54, 1.807) is 18.2 Å². The fourth-order valence-electron chi connectivity index (χ4n) is 2.24. The minimum absolute atomic E-state index is 0.00772. The van der Waals surface area contributed by atoms with Crippen LogP contribution in [-0.4, -0.2) is 10.9 Å². The molecule has 4 nitrogen and oxygen atoms in total. The van der Waals surface area contributed by atoms with E-state index >= 15 is 0 Å². The van der Waals surface area contributed by atoms with Crippen LogP contribution in [-0.2, 0) is 0 Å². The summed E-state index contributed by atoms with van der Waals surface area (Å²) in [4.78, 5) is 16.0. The van der Waals surface area contributed by atoms with Gasteiger partial charge in [0.05, 0.1) is 23.5 Å². The summed E-state index contributed by atoms with van der Waals surface area (Å²) in [7, 11) is 0. The molecule has 0 radical (unpaired) electrons. The summed E-state index contributed by atoms with van der Waals surface area (Å²) in [5, 5.41) is 2.57. The number of terminal acetylenes is 1. The molecule has 0 aliphatic heterocycles. The monoisotopic (exact) mass is 350 g/mol. The van der Waals surface area contributed by atoms with E-state index in [4.69, 9.17) is 11.2 Å². The quantitative estimate of drug-likeness (QED) is 0.710. The second kappa shape index (κ2) is 7.45. The average molecular weight is 350 g/mol. The van der Waals surface area contributed by atoms with Crippen molar-refractivity contribution in [3.63, 3.8) is 0 Å². The van der Waals surface area contributed by atoms with Gasteiger partial charge in [0, 0.05) is 17.8 Å². The molecule has 2 aromatic carbocycles. The van der Waals surface area contributed by atoms with Gasteiger partial charge in [-0.3, -0.25) is 9.78 Å². The van der Waals surface area contributed by atoms with Crippen molar-refractivity contribution in [2.45, 2.75) is 0 Å². The third-order valence-corrected chi connectivity index (χ3v) is 3.41. The molecule has 0 aliphatic carbocycles. The number of rotatable bonds is 4. The lowest BCUT2D eigenvalue weighted by Gasteiger charge is -2.10.